The van der Waals surface area contributed by atoms with Crippen molar-refractivity contribution in [3.8, 4) is 0 Å². The molecule has 15 heavy (non-hydrogen) atoms. The molecule has 0 heterocycles. The zero-order valence-electron chi connectivity index (χ0n) is 7.88. The molecule has 4 heteroatoms. The molecule has 0 amide bonds. The third-order valence-corrected chi connectivity index (χ3v) is 2.69. The molecule has 1 fully saturated rings. The van der Waals surface area contributed by atoms with Crippen molar-refractivity contribution in [1.29, 1.82) is 0 Å². The summed E-state index contributed by atoms with van der Waals surface area (Å²) in [4.78, 5) is 21.2. The first-order chi connectivity index (χ1) is 7.09. The maximum atomic E-state index is 10.6. The van der Waals surface area contributed by atoms with E-state index >= 15 is 0 Å². The smallest absolute Gasteiger partial charge is 0.335 e. The average Bonchev–Trinajstić information content (AvgIpc) is 2.97. The lowest BCUT2D eigenvalue weighted by Gasteiger charge is -1.99. The quantitative estimate of drug-likeness (QED) is 0.787. The Morgan fingerprint density at radius 3 is 2.13 bits per heavy atom. The molecule has 2 N–H and O–H groups in total. The summed E-state index contributed by atoms with van der Waals surface area (Å²) in [6, 6.07) is 6.40. The molecule has 1 aliphatic carbocycles. The fourth-order valence-electron chi connectivity index (χ4n) is 1.71. The van der Waals surface area contributed by atoms with Crippen LogP contribution < -0.4 is 0 Å². The number of hydrogen-bond donors (Lipinski definition) is 2. The van der Waals surface area contributed by atoms with Crippen molar-refractivity contribution in [1.82, 2.24) is 0 Å². The molecule has 78 valence electrons. The summed E-state index contributed by atoms with van der Waals surface area (Å²) in [7, 11) is 0. The van der Waals surface area contributed by atoms with Crippen LogP contribution in [-0.2, 0) is 4.79 Å². The highest BCUT2D eigenvalue weighted by molar-refractivity contribution is 5.87. The molecule has 0 aliphatic heterocycles. The van der Waals surface area contributed by atoms with E-state index in [1.165, 1.54) is 12.1 Å². The Hall–Kier alpha value is -1.84. The first kappa shape index (κ1) is 9.71. The fraction of sp³-hybridized carbons (Fsp3) is 0.273. The van der Waals surface area contributed by atoms with Gasteiger partial charge in [-0.05, 0) is 30.0 Å². The molecule has 0 radical (unpaired) electrons. The number of benzene rings is 1. The van der Waals surface area contributed by atoms with Gasteiger partial charge in [0, 0.05) is 0 Å². The molecule has 2 unspecified atom stereocenters. The van der Waals surface area contributed by atoms with E-state index in [1.807, 2.05) is 0 Å². The van der Waals surface area contributed by atoms with Gasteiger partial charge in [0.05, 0.1) is 11.5 Å². The van der Waals surface area contributed by atoms with Crippen LogP contribution in [-0.4, -0.2) is 22.2 Å². The number of aliphatic carboxylic acids is 1. The minimum absolute atomic E-state index is 0.0605. The van der Waals surface area contributed by atoms with E-state index in [9.17, 15) is 9.59 Å². The summed E-state index contributed by atoms with van der Waals surface area (Å²) in [5.74, 6) is -1.97. The predicted octanol–water partition coefficient (Wildman–Crippen LogP) is 1.57. The monoisotopic (exact) mass is 206 g/mol. The Bertz CT molecular complexity index is 407. The number of carboxylic acids is 2. The van der Waals surface area contributed by atoms with Crippen LogP contribution in [0, 0.1) is 5.92 Å². The summed E-state index contributed by atoms with van der Waals surface area (Å²) in [5.41, 5.74) is 1.14. The Morgan fingerprint density at radius 1 is 1.13 bits per heavy atom. The van der Waals surface area contributed by atoms with Crippen LogP contribution in [0.15, 0.2) is 24.3 Å². The zero-order valence-corrected chi connectivity index (χ0v) is 7.88. The van der Waals surface area contributed by atoms with Gasteiger partial charge in [0.2, 0.25) is 0 Å². The Morgan fingerprint density at radius 2 is 1.73 bits per heavy atom. The molecular formula is C11H10O4. The van der Waals surface area contributed by atoms with Gasteiger partial charge in [-0.2, -0.15) is 0 Å². The van der Waals surface area contributed by atoms with Crippen molar-refractivity contribution < 1.29 is 19.8 Å². The second kappa shape index (κ2) is 3.38. The third kappa shape index (κ3) is 1.83. The van der Waals surface area contributed by atoms with E-state index in [2.05, 4.69) is 0 Å². The molecule has 0 saturated heterocycles. The largest absolute Gasteiger partial charge is 0.481 e. The molecule has 1 aromatic rings. The average molecular weight is 206 g/mol. The SMILES string of the molecule is O=C(O)c1ccc(C2CC2C(=O)O)cc1. The van der Waals surface area contributed by atoms with Crippen molar-refractivity contribution in [3.05, 3.63) is 35.4 Å². The van der Waals surface area contributed by atoms with E-state index < -0.39 is 11.9 Å². The lowest BCUT2D eigenvalue weighted by atomic mass is 10.1. The number of carboxylic acid groups (broad SMARTS) is 2. The van der Waals surface area contributed by atoms with Gasteiger partial charge in [0.15, 0.2) is 0 Å². The predicted molar refractivity (Wildman–Crippen MR) is 51.9 cm³/mol. The summed E-state index contributed by atoms with van der Waals surface area (Å²) >= 11 is 0. The van der Waals surface area contributed by atoms with Gasteiger partial charge in [-0.3, -0.25) is 4.79 Å². The van der Waals surface area contributed by atoms with E-state index in [-0.39, 0.29) is 17.4 Å². The summed E-state index contributed by atoms with van der Waals surface area (Å²) in [5, 5.41) is 17.4. The topological polar surface area (TPSA) is 74.6 Å². The van der Waals surface area contributed by atoms with Crippen molar-refractivity contribution in [2.45, 2.75) is 12.3 Å². The van der Waals surface area contributed by atoms with Crippen molar-refractivity contribution in [2.24, 2.45) is 5.92 Å². The fourth-order valence-corrected chi connectivity index (χ4v) is 1.71. The van der Waals surface area contributed by atoms with Gasteiger partial charge in [-0.15, -0.1) is 0 Å². The van der Waals surface area contributed by atoms with E-state index in [0.717, 1.165) is 5.56 Å². The number of rotatable bonds is 3. The van der Waals surface area contributed by atoms with Crippen molar-refractivity contribution in [3.63, 3.8) is 0 Å². The van der Waals surface area contributed by atoms with Crippen LogP contribution >= 0.6 is 0 Å². The third-order valence-electron chi connectivity index (χ3n) is 2.69. The van der Waals surface area contributed by atoms with Gasteiger partial charge in [-0.25, -0.2) is 4.79 Å². The van der Waals surface area contributed by atoms with Gasteiger partial charge >= 0.3 is 11.9 Å². The zero-order chi connectivity index (χ0) is 11.0. The van der Waals surface area contributed by atoms with Gasteiger partial charge in [0.25, 0.3) is 0 Å². The molecule has 1 aliphatic rings. The Labute approximate surface area is 86.2 Å². The molecular weight excluding hydrogens is 196 g/mol. The maximum Gasteiger partial charge on any atom is 0.335 e. The van der Waals surface area contributed by atoms with Crippen molar-refractivity contribution in [2.75, 3.05) is 0 Å². The van der Waals surface area contributed by atoms with Crippen molar-refractivity contribution >= 4 is 11.9 Å². The van der Waals surface area contributed by atoms with Crippen LogP contribution in [0.25, 0.3) is 0 Å². The molecule has 2 atom stereocenters. The highest BCUT2D eigenvalue weighted by atomic mass is 16.4. The lowest BCUT2D eigenvalue weighted by molar-refractivity contribution is -0.138. The summed E-state index contributed by atoms with van der Waals surface area (Å²) in [6.45, 7) is 0. The van der Waals surface area contributed by atoms with Gasteiger partial charge in [0.1, 0.15) is 0 Å². The minimum atomic E-state index is -0.966. The molecule has 0 bridgehead atoms. The van der Waals surface area contributed by atoms with E-state index in [0.29, 0.717) is 6.42 Å². The van der Waals surface area contributed by atoms with Crippen LogP contribution in [0.3, 0.4) is 0 Å². The first-order valence-electron chi connectivity index (χ1n) is 4.65. The highest BCUT2D eigenvalue weighted by Crippen LogP contribution is 2.47. The van der Waals surface area contributed by atoms with Gasteiger partial charge in [-0.1, -0.05) is 12.1 Å². The number of hydrogen-bond acceptors (Lipinski definition) is 2. The number of aromatic carboxylic acids is 1. The van der Waals surface area contributed by atoms with Crippen LogP contribution in [0.1, 0.15) is 28.3 Å². The van der Waals surface area contributed by atoms with E-state index in [1.54, 1.807) is 12.1 Å². The molecule has 0 spiro atoms. The molecule has 2 rings (SSSR count). The van der Waals surface area contributed by atoms with Crippen LogP contribution in [0.4, 0.5) is 0 Å². The summed E-state index contributed by atoms with van der Waals surface area (Å²) in [6.07, 6.45) is 0.655. The minimum Gasteiger partial charge on any atom is -0.481 e. The van der Waals surface area contributed by atoms with Gasteiger partial charge < -0.3 is 10.2 Å². The highest BCUT2D eigenvalue weighted by Gasteiger charge is 2.43. The standard InChI is InChI=1S/C11H10O4/c12-10(13)7-3-1-6(2-4-7)8-5-9(8)11(14)15/h1-4,8-9H,5H2,(H,12,13)(H,14,15). The summed E-state index contributed by atoms with van der Waals surface area (Å²) < 4.78 is 0. The normalized spacial score (nSPS) is 23.5. The molecule has 4 nitrogen and oxygen atoms in total. The first-order valence-corrected chi connectivity index (χ1v) is 4.65. The second-order valence-corrected chi connectivity index (χ2v) is 3.71. The Kier molecular flexibility index (Phi) is 2.19. The Balaban J connectivity index is 2.12. The number of carbonyl (C=O) groups is 2. The van der Waals surface area contributed by atoms with Crippen LogP contribution in [0.5, 0.6) is 0 Å². The second-order valence-electron chi connectivity index (χ2n) is 3.71. The molecule has 0 aromatic heterocycles. The molecule has 1 aromatic carbocycles. The maximum absolute atomic E-state index is 10.6. The lowest BCUT2D eigenvalue weighted by Crippen LogP contribution is -1.99. The van der Waals surface area contributed by atoms with E-state index in [4.69, 9.17) is 10.2 Å². The van der Waals surface area contributed by atoms with Crippen LogP contribution in [0.2, 0.25) is 0 Å². The molecule has 1 saturated carbocycles.